The zero-order valence-electron chi connectivity index (χ0n) is 9.72. The summed E-state index contributed by atoms with van der Waals surface area (Å²) in [6, 6.07) is 4.55. The summed E-state index contributed by atoms with van der Waals surface area (Å²) >= 11 is 1.76. The number of aliphatic hydroxyl groups is 1. The molecule has 1 aliphatic rings. The van der Waals surface area contributed by atoms with Gasteiger partial charge in [0.05, 0.1) is 11.6 Å². The SMILES string of the molecule is CC1(O)CCN(C(CN)c2cccs2)CC1. The fourth-order valence-electron chi connectivity index (χ4n) is 2.24. The van der Waals surface area contributed by atoms with Gasteiger partial charge in [-0.15, -0.1) is 11.3 Å². The van der Waals surface area contributed by atoms with E-state index in [9.17, 15) is 5.11 Å². The minimum Gasteiger partial charge on any atom is -0.390 e. The standard InChI is InChI=1S/C12H20N2OS/c1-12(15)4-6-14(7-5-12)10(9-13)11-3-2-8-16-11/h2-3,8,10,15H,4-7,9,13H2,1H3. The first-order valence-corrected chi connectivity index (χ1v) is 6.70. The van der Waals surface area contributed by atoms with Gasteiger partial charge in [-0.2, -0.15) is 0 Å². The van der Waals surface area contributed by atoms with E-state index in [2.05, 4.69) is 22.4 Å². The van der Waals surface area contributed by atoms with Crippen molar-refractivity contribution in [2.45, 2.75) is 31.4 Å². The number of hydrogen-bond donors (Lipinski definition) is 2. The highest BCUT2D eigenvalue weighted by Gasteiger charge is 2.31. The summed E-state index contributed by atoms with van der Waals surface area (Å²) < 4.78 is 0. The van der Waals surface area contributed by atoms with Crippen LogP contribution in [0.1, 0.15) is 30.7 Å². The molecule has 0 aromatic carbocycles. The molecule has 2 rings (SSSR count). The minimum absolute atomic E-state index is 0.330. The molecule has 0 radical (unpaired) electrons. The molecule has 0 spiro atoms. The molecule has 3 N–H and O–H groups in total. The van der Waals surface area contributed by atoms with Crippen LogP contribution in [0.4, 0.5) is 0 Å². The van der Waals surface area contributed by atoms with Crippen LogP contribution in [0.3, 0.4) is 0 Å². The highest BCUT2D eigenvalue weighted by atomic mass is 32.1. The van der Waals surface area contributed by atoms with Gasteiger partial charge >= 0.3 is 0 Å². The topological polar surface area (TPSA) is 49.5 Å². The molecule has 1 saturated heterocycles. The molecular formula is C12H20N2OS. The Hall–Kier alpha value is -0.420. The second-order valence-corrected chi connectivity index (χ2v) is 5.78. The molecule has 2 heterocycles. The van der Waals surface area contributed by atoms with Crippen molar-refractivity contribution in [1.82, 2.24) is 4.90 Å². The summed E-state index contributed by atoms with van der Waals surface area (Å²) in [5.74, 6) is 0. The normalized spacial score (nSPS) is 23.2. The molecule has 1 unspecified atom stereocenters. The summed E-state index contributed by atoms with van der Waals surface area (Å²) in [6.07, 6.45) is 1.68. The first-order chi connectivity index (χ1) is 7.62. The lowest BCUT2D eigenvalue weighted by Gasteiger charge is -2.39. The molecule has 0 amide bonds. The molecule has 1 aromatic heterocycles. The van der Waals surface area contributed by atoms with Crippen molar-refractivity contribution >= 4 is 11.3 Å². The van der Waals surface area contributed by atoms with Crippen LogP contribution < -0.4 is 5.73 Å². The third-order valence-corrected chi connectivity index (χ3v) is 4.38. The van der Waals surface area contributed by atoms with Crippen molar-refractivity contribution in [3.05, 3.63) is 22.4 Å². The predicted octanol–water partition coefficient (Wildman–Crippen LogP) is 1.59. The molecule has 3 nitrogen and oxygen atoms in total. The first-order valence-electron chi connectivity index (χ1n) is 5.82. The maximum atomic E-state index is 9.92. The minimum atomic E-state index is -0.481. The van der Waals surface area contributed by atoms with E-state index in [1.165, 1.54) is 4.88 Å². The number of thiophene rings is 1. The number of likely N-dealkylation sites (tertiary alicyclic amines) is 1. The average Bonchev–Trinajstić information content (AvgIpc) is 2.75. The van der Waals surface area contributed by atoms with E-state index in [1.807, 2.05) is 6.92 Å². The second kappa shape index (κ2) is 4.84. The quantitative estimate of drug-likeness (QED) is 0.843. The van der Waals surface area contributed by atoms with E-state index >= 15 is 0 Å². The van der Waals surface area contributed by atoms with E-state index in [0.29, 0.717) is 12.6 Å². The number of nitrogens with zero attached hydrogens (tertiary/aromatic N) is 1. The van der Waals surface area contributed by atoms with E-state index in [-0.39, 0.29) is 0 Å². The van der Waals surface area contributed by atoms with Crippen LogP contribution >= 0.6 is 11.3 Å². The monoisotopic (exact) mass is 240 g/mol. The third kappa shape index (κ3) is 2.63. The Labute approximate surface area is 101 Å². The number of piperidine rings is 1. The summed E-state index contributed by atoms with van der Waals surface area (Å²) in [5, 5.41) is 12.0. The molecule has 0 aliphatic carbocycles. The Kier molecular flexibility index (Phi) is 3.64. The Bertz CT molecular complexity index is 314. The molecule has 0 bridgehead atoms. The highest BCUT2D eigenvalue weighted by molar-refractivity contribution is 7.10. The maximum absolute atomic E-state index is 9.92. The zero-order valence-corrected chi connectivity index (χ0v) is 10.5. The van der Waals surface area contributed by atoms with Gasteiger partial charge in [0.15, 0.2) is 0 Å². The van der Waals surface area contributed by atoms with Crippen molar-refractivity contribution in [3.8, 4) is 0 Å². The Morgan fingerprint density at radius 3 is 2.75 bits per heavy atom. The molecule has 1 aliphatic heterocycles. The Morgan fingerprint density at radius 2 is 2.25 bits per heavy atom. The van der Waals surface area contributed by atoms with Crippen LogP contribution in [0.15, 0.2) is 17.5 Å². The molecule has 0 saturated carbocycles. The predicted molar refractivity (Wildman–Crippen MR) is 67.5 cm³/mol. The van der Waals surface area contributed by atoms with Crippen LogP contribution in [0.5, 0.6) is 0 Å². The fraction of sp³-hybridized carbons (Fsp3) is 0.667. The maximum Gasteiger partial charge on any atom is 0.0644 e. The van der Waals surface area contributed by atoms with Crippen LogP contribution in [-0.4, -0.2) is 35.2 Å². The molecule has 1 fully saturated rings. The molecule has 16 heavy (non-hydrogen) atoms. The summed E-state index contributed by atoms with van der Waals surface area (Å²) in [4.78, 5) is 3.73. The average molecular weight is 240 g/mol. The largest absolute Gasteiger partial charge is 0.390 e. The zero-order chi connectivity index (χ0) is 11.6. The van der Waals surface area contributed by atoms with Gasteiger partial charge in [0.2, 0.25) is 0 Å². The fourth-order valence-corrected chi connectivity index (χ4v) is 3.12. The van der Waals surface area contributed by atoms with Crippen molar-refractivity contribution in [2.75, 3.05) is 19.6 Å². The van der Waals surface area contributed by atoms with Gasteiger partial charge in [-0.3, -0.25) is 4.90 Å². The van der Waals surface area contributed by atoms with Crippen molar-refractivity contribution in [1.29, 1.82) is 0 Å². The summed E-state index contributed by atoms with van der Waals surface area (Å²) in [6.45, 7) is 4.45. The van der Waals surface area contributed by atoms with Gasteiger partial charge in [0, 0.05) is 24.5 Å². The third-order valence-electron chi connectivity index (χ3n) is 3.41. The molecule has 4 heteroatoms. The molecular weight excluding hydrogens is 220 g/mol. The van der Waals surface area contributed by atoms with E-state index in [4.69, 9.17) is 5.73 Å². The lowest BCUT2D eigenvalue weighted by Crippen LogP contribution is -2.45. The van der Waals surface area contributed by atoms with Crippen molar-refractivity contribution in [2.24, 2.45) is 5.73 Å². The lowest BCUT2D eigenvalue weighted by atomic mass is 9.93. The highest BCUT2D eigenvalue weighted by Crippen LogP contribution is 2.30. The number of hydrogen-bond acceptors (Lipinski definition) is 4. The Balaban J connectivity index is 2.02. The van der Waals surface area contributed by atoms with Crippen molar-refractivity contribution < 1.29 is 5.11 Å². The van der Waals surface area contributed by atoms with Gasteiger partial charge in [-0.05, 0) is 31.2 Å². The number of nitrogens with two attached hydrogens (primary N) is 1. The van der Waals surface area contributed by atoms with Gasteiger partial charge < -0.3 is 10.8 Å². The number of rotatable bonds is 3. The lowest BCUT2D eigenvalue weighted by molar-refractivity contribution is -0.0156. The van der Waals surface area contributed by atoms with Crippen molar-refractivity contribution in [3.63, 3.8) is 0 Å². The van der Waals surface area contributed by atoms with E-state index < -0.39 is 5.60 Å². The van der Waals surface area contributed by atoms with E-state index in [1.54, 1.807) is 11.3 Å². The van der Waals surface area contributed by atoms with Crippen LogP contribution in [0.2, 0.25) is 0 Å². The molecule has 1 aromatic rings. The van der Waals surface area contributed by atoms with Gasteiger partial charge in [0.25, 0.3) is 0 Å². The van der Waals surface area contributed by atoms with Crippen LogP contribution in [0, 0.1) is 0 Å². The van der Waals surface area contributed by atoms with Gasteiger partial charge in [-0.1, -0.05) is 6.07 Å². The summed E-state index contributed by atoms with van der Waals surface area (Å²) in [7, 11) is 0. The Morgan fingerprint density at radius 1 is 1.56 bits per heavy atom. The van der Waals surface area contributed by atoms with E-state index in [0.717, 1.165) is 25.9 Å². The van der Waals surface area contributed by atoms with Crippen LogP contribution in [0.25, 0.3) is 0 Å². The molecule has 90 valence electrons. The van der Waals surface area contributed by atoms with Gasteiger partial charge in [0.1, 0.15) is 0 Å². The summed E-state index contributed by atoms with van der Waals surface area (Å²) in [5.41, 5.74) is 5.38. The smallest absolute Gasteiger partial charge is 0.0644 e. The van der Waals surface area contributed by atoms with Gasteiger partial charge in [-0.25, -0.2) is 0 Å². The molecule has 1 atom stereocenters. The second-order valence-electron chi connectivity index (χ2n) is 4.80. The van der Waals surface area contributed by atoms with Crippen LogP contribution in [-0.2, 0) is 0 Å². The first kappa shape index (κ1) is 12.0.